The highest BCUT2D eigenvalue weighted by Gasteiger charge is 2.32. The number of hydrogen-bond acceptors (Lipinski definition) is 4. The van der Waals surface area contributed by atoms with Gasteiger partial charge in [0.1, 0.15) is 0 Å². The van der Waals surface area contributed by atoms with E-state index in [9.17, 15) is 13.2 Å². The summed E-state index contributed by atoms with van der Waals surface area (Å²) in [7, 11) is -3.57. The second kappa shape index (κ2) is 9.91. The molecule has 2 heterocycles. The van der Waals surface area contributed by atoms with Gasteiger partial charge in [-0.3, -0.25) is 4.79 Å². The Morgan fingerprint density at radius 3 is 2.58 bits per heavy atom. The third-order valence-electron chi connectivity index (χ3n) is 6.23. The van der Waals surface area contributed by atoms with Crippen molar-refractivity contribution in [3.63, 3.8) is 0 Å². The predicted molar refractivity (Wildman–Crippen MR) is 133 cm³/mol. The Balaban J connectivity index is 1.64. The number of benzene rings is 2. The fourth-order valence-corrected chi connectivity index (χ4v) is 7.38. The van der Waals surface area contributed by atoms with E-state index in [1.54, 1.807) is 16.4 Å². The Morgan fingerprint density at radius 2 is 1.88 bits per heavy atom. The first-order chi connectivity index (χ1) is 15.8. The number of fused-ring (bicyclic) bond motifs is 1. The van der Waals surface area contributed by atoms with Crippen LogP contribution in [0.5, 0.6) is 0 Å². The fraction of sp³-hybridized carbons (Fsp3) is 0.440. The van der Waals surface area contributed by atoms with E-state index in [-0.39, 0.29) is 16.8 Å². The van der Waals surface area contributed by atoms with Crippen LogP contribution < -0.4 is 4.80 Å². The van der Waals surface area contributed by atoms with Crippen LogP contribution >= 0.6 is 11.3 Å². The van der Waals surface area contributed by atoms with Crippen LogP contribution in [0, 0.1) is 6.92 Å². The molecule has 8 heteroatoms. The van der Waals surface area contributed by atoms with Crippen molar-refractivity contribution in [2.45, 2.75) is 70.4 Å². The lowest BCUT2D eigenvalue weighted by Gasteiger charge is -2.34. The molecule has 33 heavy (non-hydrogen) atoms. The van der Waals surface area contributed by atoms with Gasteiger partial charge in [0, 0.05) is 24.7 Å². The molecule has 3 aromatic rings. The van der Waals surface area contributed by atoms with E-state index in [0.717, 1.165) is 48.9 Å². The molecule has 1 saturated heterocycles. The van der Waals surface area contributed by atoms with Gasteiger partial charge in [0.2, 0.25) is 10.0 Å². The number of thiazole rings is 1. The molecule has 2 aromatic carbocycles. The standard InChI is InChI=1S/C25H31N3O3S2/c1-4-15-27-22-14-9-18(3)17-23(22)32-25(27)26-24(29)19-10-12-21(13-11-19)33(30,31)28-16-7-6-8-20(28)5-2/h9-14,17,20H,4-8,15-16H2,1-3H3. The average Bonchev–Trinajstić information content (AvgIpc) is 3.15. The minimum Gasteiger partial charge on any atom is -0.316 e. The van der Waals surface area contributed by atoms with Crippen molar-refractivity contribution in [3.05, 3.63) is 58.4 Å². The van der Waals surface area contributed by atoms with Crippen molar-refractivity contribution in [1.82, 2.24) is 8.87 Å². The molecule has 0 aliphatic carbocycles. The van der Waals surface area contributed by atoms with Crippen molar-refractivity contribution >= 4 is 37.5 Å². The largest absolute Gasteiger partial charge is 0.316 e. The lowest BCUT2D eigenvalue weighted by Crippen LogP contribution is -2.43. The highest BCUT2D eigenvalue weighted by Crippen LogP contribution is 2.27. The molecule has 1 unspecified atom stereocenters. The Kier molecular flexibility index (Phi) is 7.16. The minimum atomic E-state index is -3.57. The number of amides is 1. The predicted octanol–water partition coefficient (Wildman–Crippen LogP) is 5.12. The van der Waals surface area contributed by atoms with E-state index in [2.05, 4.69) is 34.7 Å². The van der Waals surface area contributed by atoms with E-state index in [1.165, 1.54) is 29.0 Å². The van der Waals surface area contributed by atoms with Crippen molar-refractivity contribution in [2.24, 2.45) is 4.99 Å². The molecule has 1 fully saturated rings. The van der Waals surface area contributed by atoms with Gasteiger partial charge in [-0.15, -0.1) is 0 Å². The monoisotopic (exact) mass is 485 g/mol. The van der Waals surface area contributed by atoms with Crippen LogP contribution in [0.4, 0.5) is 0 Å². The number of aryl methyl sites for hydroxylation is 2. The molecule has 1 aliphatic heterocycles. The number of aromatic nitrogens is 1. The van der Waals surface area contributed by atoms with Gasteiger partial charge in [-0.25, -0.2) is 8.42 Å². The van der Waals surface area contributed by atoms with Gasteiger partial charge in [-0.05, 0) is 74.6 Å². The highest BCUT2D eigenvalue weighted by molar-refractivity contribution is 7.89. The maximum atomic E-state index is 13.2. The zero-order chi connectivity index (χ0) is 23.6. The molecule has 176 valence electrons. The van der Waals surface area contributed by atoms with Crippen molar-refractivity contribution in [2.75, 3.05) is 6.54 Å². The second-order valence-electron chi connectivity index (χ2n) is 8.62. The summed E-state index contributed by atoms with van der Waals surface area (Å²) >= 11 is 1.50. The smallest absolute Gasteiger partial charge is 0.279 e. The molecule has 0 radical (unpaired) electrons. The van der Waals surface area contributed by atoms with Crippen molar-refractivity contribution in [3.8, 4) is 0 Å². The summed E-state index contributed by atoms with van der Waals surface area (Å²) in [6.45, 7) is 7.51. The molecule has 0 bridgehead atoms. The fourth-order valence-electron chi connectivity index (χ4n) is 4.46. The summed E-state index contributed by atoms with van der Waals surface area (Å²) in [6, 6.07) is 12.5. The first kappa shape index (κ1) is 23.9. The number of carbonyl (C=O) groups is 1. The van der Waals surface area contributed by atoms with Gasteiger partial charge in [-0.2, -0.15) is 9.30 Å². The molecule has 6 nitrogen and oxygen atoms in total. The third kappa shape index (κ3) is 4.83. The van der Waals surface area contributed by atoms with Crippen LogP contribution in [-0.2, 0) is 16.6 Å². The van der Waals surface area contributed by atoms with E-state index in [1.807, 2.05) is 13.8 Å². The summed E-state index contributed by atoms with van der Waals surface area (Å²) in [5, 5.41) is 0. The number of nitrogens with zero attached hydrogens (tertiary/aromatic N) is 3. The Morgan fingerprint density at radius 1 is 1.12 bits per heavy atom. The first-order valence-corrected chi connectivity index (χ1v) is 13.9. The van der Waals surface area contributed by atoms with Crippen LogP contribution in [0.15, 0.2) is 52.4 Å². The van der Waals surface area contributed by atoms with Crippen LogP contribution in [0.1, 0.15) is 61.9 Å². The zero-order valence-electron chi connectivity index (χ0n) is 19.5. The minimum absolute atomic E-state index is 0.0469. The normalized spacial score (nSPS) is 18.2. The van der Waals surface area contributed by atoms with E-state index in [4.69, 9.17) is 0 Å². The van der Waals surface area contributed by atoms with Crippen LogP contribution in [0.2, 0.25) is 0 Å². The Labute approximate surface area is 199 Å². The molecule has 1 amide bonds. The quantitative estimate of drug-likeness (QED) is 0.487. The van der Waals surface area contributed by atoms with E-state index < -0.39 is 10.0 Å². The van der Waals surface area contributed by atoms with Gasteiger partial charge in [0.15, 0.2) is 4.80 Å². The first-order valence-electron chi connectivity index (χ1n) is 11.7. The molecule has 0 N–H and O–H groups in total. The highest BCUT2D eigenvalue weighted by atomic mass is 32.2. The molecule has 1 aliphatic rings. The van der Waals surface area contributed by atoms with E-state index >= 15 is 0 Å². The van der Waals surface area contributed by atoms with Gasteiger partial charge in [0.25, 0.3) is 5.91 Å². The second-order valence-corrected chi connectivity index (χ2v) is 11.5. The van der Waals surface area contributed by atoms with Crippen LogP contribution in [0.25, 0.3) is 10.2 Å². The van der Waals surface area contributed by atoms with Crippen molar-refractivity contribution in [1.29, 1.82) is 0 Å². The zero-order valence-corrected chi connectivity index (χ0v) is 21.1. The van der Waals surface area contributed by atoms with Crippen molar-refractivity contribution < 1.29 is 13.2 Å². The SMILES string of the molecule is CCCn1c(=NC(=O)c2ccc(S(=O)(=O)N3CCCCC3CC)cc2)sc2cc(C)ccc21. The number of rotatable bonds is 6. The number of carbonyl (C=O) groups excluding carboxylic acids is 1. The summed E-state index contributed by atoms with van der Waals surface area (Å²) in [5.41, 5.74) is 2.63. The van der Waals surface area contributed by atoms with Gasteiger partial charge in [-0.1, -0.05) is 37.7 Å². The lowest BCUT2D eigenvalue weighted by molar-refractivity contribution is 0.0997. The van der Waals surface area contributed by atoms with Gasteiger partial charge in [0.05, 0.1) is 15.1 Å². The Hall–Kier alpha value is -2.29. The Bertz CT molecular complexity index is 1320. The molecular formula is C25H31N3O3S2. The van der Waals surface area contributed by atoms with Gasteiger partial charge >= 0.3 is 0 Å². The molecule has 0 spiro atoms. The van der Waals surface area contributed by atoms with Crippen LogP contribution in [0.3, 0.4) is 0 Å². The number of sulfonamides is 1. The molecule has 1 aromatic heterocycles. The maximum Gasteiger partial charge on any atom is 0.279 e. The summed E-state index contributed by atoms with van der Waals surface area (Å²) < 4.78 is 31.2. The average molecular weight is 486 g/mol. The number of hydrogen-bond donors (Lipinski definition) is 0. The molecular weight excluding hydrogens is 454 g/mol. The number of piperidine rings is 1. The maximum absolute atomic E-state index is 13.2. The summed E-state index contributed by atoms with van der Waals surface area (Å²) in [5.74, 6) is -0.364. The lowest BCUT2D eigenvalue weighted by atomic mass is 10.0. The molecule has 4 rings (SSSR count). The van der Waals surface area contributed by atoms with Gasteiger partial charge < -0.3 is 4.57 Å². The van der Waals surface area contributed by atoms with Crippen LogP contribution in [-0.4, -0.2) is 35.8 Å². The van der Waals surface area contributed by atoms with E-state index in [0.29, 0.717) is 16.9 Å². The third-order valence-corrected chi connectivity index (χ3v) is 9.24. The topological polar surface area (TPSA) is 71.7 Å². The molecule has 0 saturated carbocycles. The summed E-state index contributed by atoms with van der Waals surface area (Å²) in [4.78, 5) is 18.2. The summed E-state index contributed by atoms with van der Waals surface area (Å²) in [6.07, 6.45) is 4.59. The molecule has 1 atom stereocenters.